The van der Waals surface area contributed by atoms with Gasteiger partial charge in [0.25, 0.3) is 5.78 Å². The number of esters is 1. The van der Waals surface area contributed by atoms with Crippen LogP contribution in [0.2, 0.25) is 0 Å². The lowest BCUT2D eigenvalue weighted by Gasteiger charge is -2.20. The van der Waals surface area contributed by atoms with Crippen LogP contribution in [0.25, 0.3) is 5.76 Å². The third-order valence-corrected chi connectivity index (χ3v) is 6.12. The molecule has 1 aromatic carbocycles. The minimum atomic E-state index is -1.07. The summed E-state index contributed by atoms with van der Waals surface area (Å²) in [6.07, 6.45) is 1.40. The maximum Gasteiger partial charge on any atom is 0.350 e. The fourth-order valence-electron chi connectivity index (χ4n) is 3.42. The third-order valence-electron chi connectivity index (χ3n) is 4.98. The van der Waals surface area contributed by atoms with E-state index in [9.17, 15) is 19.5 Å². The van der Waals surface area contributed by atoms with Crippen molar-refractivity contribution in [1.82, 2.24) is 4.98 Å². The number of anilines is 1. The maximum atomic E-state index is 13.0. The molecule has 1 unspecified atom stereocenters. The Hall–Kier alpha value is -3.92. The summed E-state index contributed by atoms with van der Waals surface area (Å²) in [5.74, 6) is -1.93. The molecule has 9 nitrogen and oxygen atoms in total. The fourth-order valence-corrected chi connectivity index (χ4v) is 4.43. The van der Waals surface area contributed by atoms with E-state index in [1.54, 1.807) is 43.3 Å². The summed E-state index contributed by atoms with van der Waals surface area (Å²) >= 11 is 0.916. The quantitative estimate of drug-likeness (QED) is 0.269. The summed E-state index contributed by atoms with van der Waals surface area (Å²) in [6.45, 7) is 1.60. The van der Waals surface area contributed by atoms with E-state index in [-0.39, 0.29) is 27.1 Å². The number of carbonyl (C=O) groups excluding carboxylic acids is 3. The molecule has 0 radical (unpaired) electrons. The minimum absolute atomic E-state index is 0.111. The summed E-state index contributed by atoms with van der Waals surface area (Å²) in [5, 5.41) is 11.1. The average Bonchev–Trinajstić information content (AvgIpc) is 3.52. The molecule has 3 heterocycles. The number of carbonyl (C=O) groups is 3. The van der Waals surface area contributed by atoms with Gasteiger partial charge in [-0.2, -0.15) is 0 Å². The highest BCUT2D eigenvalue weighted by Gasteiger charge is 2.49. The number of amides is 1. The molecule has 1 amide bonds. The first kappa shape index (κ1) is 21.3. The van der Waals surface area contributed by atoms with Gasteiger partial charge in [0.2, 0.25) is 0 Å². The molecule has 1 atom stereocenters. The average molecular weight is 454 g/mol. The van der Waals surface area contributed by atoms with Gasteiger partial charge in [-0.3, -0.25) is 14.5 Å². The topological polar surface area (TPSA) is 119 Å². The van der Waals surface area contributed by atoms with E-state index in [1.807, 2.05) is 0 Å². The van der Waals surface area contributed by atoms with Crippen LogP contribution in [0.15, 0.2) is 52.7 Å². The van der Waals surface area contributed by atoms with Crippen LogP contribution < -0.4 is 9.64 Å². The van der Waals surface area contributed by atoms with Crippen LogP contribution >= 0.6 is 11.3 Å². The first-order valence-corrected chi connectivity index (χ1v) is 10.2. The van der Waals surface area contributed by atoms with E-state index in [0.29, 0.717) is 17.0 Å². The van der Waals surface area contributed by atoms with Gasteiger partial charge in [0, 0.05) is 5.56 Å². The van der Waals surface area contributed by atoms with Gasteiger partial charge >= 0.3 is 11.9 Å². The van der Waals surface area contributed by atoms with E-state index in [4.69, 9.17) is 13.9 Å². The number of rotatable bonds is 5. The molecule has 1 N–H and O–H groups in total. The summed E-state index contributed by atoms with van der Waals surface area (Å²) in [7, 11) is 2.75. The Morgan fingerprint density at radius 2 is 1.91 bits per heavy atom. The molecule has 1 aliphatic rings. The lowest BCUT2D eigenvalue weighted by atomic mass is 9.99. The fraction of sp³-hybridized carbons (Fsp3) is 0.182. The molecule has 4 rings (SSSR count). The summed E-state index contributed by atoms with van der Waals surface area (Å²) in [5.41, 5.74) is 0.528. The predicted molar refractivity (Wildman–Crippen MR) is 115 cm³/mol. The van der Waals surface area contributed by atoms with Crippen molar-refractivity contribution in [1.29, 1.82) is 0 Å². The molecule has 0 bridgehead atoms. The second-order valence-electron chi connectivity index (χ2n) is 6.82. The standard InChI is InChI=1S/C22H18N2O7S/c1-11-19(21(28)30-3)32-22(23-11)24-16(14-5-4-10-31-14)15(18(26)20(24)27)17(25)12-6-8-13(29-2)9-7-12/h4-10,16,25H,1-3H3/b17-15+. The van der Waals surface area contributed by atoms with Crippen molar-refractivity contribution in [2.45, 2.75) is 13.0 Å². The molecule has 2 aromatic heterocycles. The number of thiazole rings is 1. The SMILES string of the molecule is COC(=O)c1sc(N2C(=O)C(=O)/C(=C(/O)c3ccc(OC)cc3)C2c2ccco2)nc1C. The molecule has 0 aliphatic carbocycles. The second kappa shape index (κ2) is 8.31. The summed E-state index contributed by atoms with van der Waals surface area (Å²) in [4.78, 5) is 43.7. The van der Waals surface area contributed by atoms with Gasteiger partial charge in [-0.15, -0.1) is 0 Å². The largest absolute Gasteiger partial charge is 0.507 e. The summed E-state index contributed by atoms with van der Waals surface area (Å²) in [6, 6.07) is 8.53. The molecule has 3 aromatic rings. The maximum absolute atomic E-state index is 13.0. The number of hydrogen-bond donors (Lipinski definition) is 1. The molecule has 0 saturated carbocycles. The lowest BCUT2D eigenvalue weighted by molar-refractivity contribution is -0.132. The Kier molecular flexibility index (Phi) is 5.54. The molecule has 32 heavy (non-hydrogen) atoms. The highest BCUT2D eigenvalue weighted by atomic mass is 32.1. The molecular formula is C22H18N2O7S. The van der Waals surface area contributed by atoms with Gasteiger partial charge < -0.3 is 19.0 Å². The van der Waals surface area contributed by atoms with E-state index >= 15 is 0 Å². The van der Waals surface area contributed by atoms with Crippen LogP contribution in [-0.2, 0) is 14.3 Å². The van der Waals surface area contributed by atoms with Gasteiger partial charge in [0.1, 0.15) is 28.2 Å². The number of ether oxygens (including phenoxy) is 2. The molecule has 164 valence electrons. The number of nitrogens with zero attached hydrogens (tertiary/aromatic N) is 2. The van der Waals surface area contributed by atoms with Crippen molar-refractivity contribution in [3.05, 3.63) is 70.1 Å². The number of aromatic nitrogens is 1. The van der Waals surface area contributed by atoms with Gasteiger partial charge in [-0.25, -0.2) is 9.78 Å². The number of aliphatic hydroxyl groups excluding tert-OH is 1. The van der Waals surface area contributed by atoms with Gasteiger partial charge in [-0.05, 0) is 43.3 Å². The van der Waals surface area contributed by atoms with Crippen LogP contribution in [0, 0.1) is 6.92 Å². The number of aryl methyl sites for hydroxylation is 1. The second-order valence-corrected chi connectivity index (χ2v) is 7.79. The number of methoxy groups -OCH3 is 2. The predicted octanol–water partition coefficient (Wildman–Crippen LogP) is 3.47. The van der Waals surface area contributed by atoms with E-state index in [2.05, 4.69) is 4.98 Å². The minimum Gasteiger partial charge on any atom is -0.507 e. The highest BCUT2D eigenvalue weighted by molar-refractivity contribution is 7.17. The van der Waals surface area contributed by atoms with Gasteiger partial charge in [0.15, 0.2) is 5.13 Å². The zero-order valence-corrected chi connectivity index (χ0v) is 18.1. The molecule has 1 fully saturated rings. The van der Waals surface area contributed by atoms with Crippen molar-refractivity contribution < 1.29 is 33.4 Å². The van der Waals surface area contributed by atoms with E-state index in [1.165, 1.54) is 20.5 Å². The van der Waals surface area contributed by atoms with Crippen molar-refractivity contribution >= 4 is 39.9 Å². The van der Waals surface area contributed by atoms with Crippen LogP contribution in [-0.4, -0.2) is 42.0 Å². The van der Waals surface area contributed by atoms with E-state index < -0.39 is 23.7 Å². The molecule has 0 spiro atoms. The first-order chi connectivity index (χ1) is 15.4. The van der Waals surface area contributed by atoms with Crippen LogP contribution in [0.3, 0.4) is 0 Å². The first-order valence-electron chi connectivity index (χ1n) is 9.42. The van der Waals surface area contributed by atoms with Gasteiger partial charge in [0.05, 0.1) is 31.7 Å². The Morgan fingerprint density at radius 3 is 2.50 bits per heavy atom. The van der Waals surface area contributed by atoms with E-state index in [0.717, 1.165) is 16.2 Å². The van der Waals surface area contributed by atoms with Crippen LogP contribution in [0.1, 0.15) is 32.7 Å². The Labute approximate surface area is 186 Å². The lowest BCUT2D eigenvalue weighted by Crippen LogP contribution is -2.29. The number of benzene rings is 1. The number of hydrogen-bond acceptors (Lipinski definition) is 9. The Balaban J connectivity index is 1.88. The van der Waals surface area contributed by atoms with Crippen molar-refractivity contribution in [2.24, 2.45) is 0 Å². The smallest absolute Gasteiger partial charge is 0.350 e. The Bertz CT molecular complexity index is 1230. The highest BCUT2D eigenvalue weighted by Crippen LogP contribution is 2.44. The molecule has 1 aliphatic heterocycles. The van der Waals surface area contributed by atoms with Crippen molar-refractivity contribution in [2.75, 3.05) is 19.1 Å². The zero-order chi connectivity index (χ0) is 23.0. The normalized spacial score (nSPS) is 17.6. The molecule has 1 saturated heterocycles. The number of furan rings is 1. The molecular weight excluding hydrogens is 436 g/mol. The zero-order valence-electron chi connectivity index (χ0n) is 17.3. The Morgan fingerprint density at radius 1 is 1.19 bits per heavy atom. The summed E-state index contributed by atoms with van der Waals surface area (Å²) < 4.78 is 15.4. The third kappa shape index (κ3) is 3.44. The van der Waals surface area contributed by atoms with Crippen LogP contribution in [0.5, 0.6) is 5.75 Å². The molecule has 10 heteroatoms. The number of aliphatic hydroxyl groups is 1. The monoisotopic (exact) mass is 454 g/mol. The van der Waals surface area contributed by atoms with Crippen molar-refractivity contribution in [3.8, 4) is 5.75 Å². The van der Waals surface area contributed by atoms with Crippen molar-refractivity contribution in [3.63, 3.8) is 0 Å². The van der Waals surface area contributed by atoms with Crippen LogP contribution in [0.4, 0.5) is 5.13 Å². The number of ketones is 1. The number of Topliss-reactive ketones (excluding diaryl/α,β-unsaturated/α-hetero) is 1. The van der Waals surface area contributed by atoms with Gasteiger partial charge in [-0.1, -0.05) is 11.3 Å².